The van der Waals surface area contributed by atoms with Crippen molar-refractivity contribution < 1.29 is 0 Å². The molecule has 0 bridgehead atoms. The summed E-state index contributed by atoms with van der Waals surface area (Å²) in [6.07, 6.45) is 15.2. The third kappa shape index (κ3) is 6.61. The van der Waals surface area contributed by atoms with Crippen molar-refractivity contribution in [1.29, 1.82) is 0 Å². The fourth-order valence-electron chi connectivity index (χ4n) is 1.71. The van der Waals surface area contributed by atoms with E-state index in [1.54, 1.807) is 0 Å². The Morgan fingerprint density at radius 3 is 2.20 bits per heavy atom. The van der Waals surface area contributed by atoms with Crippen molar-refractivity contribution in [3.63, 3.8) is 0 Å². The van der Waals surface area contributed by atoms with Crippen LogP contribution < -0.4 is 0 Å². The molecule has 0 aromatic carbocycles. The number of hydrogen-bond donors (Lipinski definition) is 1. The lowest BCUT2D eigenvalue weighted by molar-refractivity contribution is 0.550. The molecule has 0 radical (unpaired) electrons. The second-order valence-corrected chi connectivity index (χ2v) is 4.45. The molecule has 0 unspecified atom stereocenters. The van der Waals surface area contributed by atoms with Gasteiger partial charge in [0.25, 0.3) is 0 Å². The van der Waals surface area contributed by atoms with E-state index in [0.717, 1.165) is 12.3 Å². The number of thiol groups is 1. The number of nitrogens with zero attached hydrogens (tertiary/aromatic N) is 2. The summed E-state index contributed by atoms with van der Waals surface area (Å²) in [5.74, 6) is 1.04. The fraction of sp³-hybridized carbons (Fsp3) is 0.750. The molecule has 1 rings (SSSR count). The van der Waals surface area contributed by atoms with E-state index in [4.69, 9.17) is 0 Å². The Hall–Kier alpha value is -0.440. The number of imidazole rings is 1. The van der Waals surface area contributed by atoms with Gasteiger partial charge in [-0.05, 0) is 18.6 Å². The van der Waals surface area contributed by atoms with Crippen LogP contribution in [0.4, 0.5) is 0 Å². The van der Waals surface area contributed by atoms with E-state index in [9.17, 15) is 0 Å². The van der Waals surface area contributed by atoms with Crippen LogP contribution in [0.1, 0.15) is 44.9 Å². The highest BCUT2D eigenvalue weighted by Gasteiger charge is 1.92. The van der Waals surface area contributed by atoms with Crippen molar-refractivity contribution in [3.05, 3.63) is 18.7 Å². The van der Waals surface area contributed by atoms with Gasteiger partial charge in [0, 0.05) is 18.9 Å². The highest BCUT2D eigenvalue weighted by molar-refractivity contribution is 7.80. The maximum Gasteiger partial charge on any atom is 0.0945 e. The molecule has 1 aromatic rings. The lowest BCUT2D eigenvalue weighted by atomic mass is 10.1. The minimum atomic E-state index is 1.04. The molecule has 0 fully saturated rings. The largest absolute Gasteiger partial charge is 0.337 e. The lowest BCUT2D eigenvalue weighted by Gasteiger charge is -2.02. The molecule has 15 heavy (non-hydrogen) atoms. The lowest BCUT2D eigenvalue weighted by Crippen LogP contribution is -1.93. The van der Waals surface area contributed by atoms with E-state index in [0.29, 0.717) is 0 Å². The Morgan fingerprint density at radius 1 is 0.933 bits per heavy atom. The monoisotopic (exact) mass is 226 g/mol. The molecule has 0 saturated carbocycles. The van der Waals surface area contributed by atoms with E-state index in [1.807, 2.05) is 18.7 Å². The van der Waals surface area contributed by atoms with E-state index in [1.165, 1.54) is 44.9 Å². The minimum Gasteiger partial charge on any atom is -0.337 e. The Morgan fingerprint density at radius 2 is 1.60 bits per heavy atom. The predicted octanol–water partition coefficient (Wildman–Crippen LogP) is 3.54. The minimum absolute atomic E-state index is 1.04. The van der Waals surface area contributed by atoms with Crippen molar-refractivity contribution in [3.8, 4) is 0 Å². The van der Waals surface area contributed by atoms with Crippen LogP contribution in [0.3, 0.4) is 0 Å². The molecule has 0 saturated heterocycles. The highest BCUT2D eigenvalue weighted by atomic mass is 32.1. The molecule has 1 aromatic heterocycles. The molecule has 1 heterocycles. The molecule has 3 heteroatoms. The quantitative estimate of drug-likeness (QED) is 0.503. The van der Waals surface area contributed by atoms with E-state index >= 15 is 0 Å². The maximum atomic E-state index is 4.20. The zero-order chi connectivity index (χ0) is 10.8. The summed E-state index contributed by atoms with van der Waals surface area (Å²) < 4.78 is 2.15. The summed E-state index contributed by atoms with van der Waals surface area (Å²) in [6, 6.07) is 0. The smallest absolute Gasteiger partial charge is 0.0945 e. The SMILES string of the molecule is SCCCCCCCCCn1ccnc1. The van der Waals surface area contributed by atoms with Gasteiger partial charge in [-0.15, -0.1) is 0 Å². The molecule has 2 nitrogen and oxygen atoms in total. The van der Waals surface area contributed by atoms with Gasteiger partial charge in [0.05, 0.1) is 6.33 Å². The molecule has 0 atom stereocenters. The first-order valence-corrected chi connectivity index (χ1v) is 6.63. The van der Waals surface area contributed by atoms with Crippen LogP contribution in [0.5, 0.6) is 0 Å². The normalized spacial score (nSPS) is 10.7. The Labute approximate surface area is 98.5 Å². The van der Waals surface area contributed by atoms with Gasteiger partial charge in [-0.2, -0.15) is 12.6 Å². The van der Waals surface area contributed by atoms with Crippen molar-refractivity contribution in [2.24, 2.45) is 0 Å². The molecular weight excluding hydrogens is 204 g/mol. The van der Waals surface area contributed by atoms with Gasteiger partial charge in [-0.25, -0.2) is 4.98 Å². The number of rotatable bonds is 9. The van der Waals surface area contributed by atoms with Crippen molar-refractivity contribution in [2.75, 3.05) is 5.75 Å². The molecule has 0 aliphatic heterocycles. The second-order valence-electron chi connectivity index (χ2n) is 4.00. The zero-order valence-electron chi connectivity index (χ0n) is 9.44. The van der Waals surface area contributed by atoms with E-state index in [-0.39, 0.29) is 0 Å². The van der Waals surface area contributed by atoms with Crippen molar-refractivity contribution >= 4 is 12.6 Å². The average molecular weight is 226 g/mol. The predicted molar refractivity (Wildman–Crippen MR) is 68.4 cm³/mol. The first-order valence-electron chi connectivity index (χ1n) is 6.00. The molecule has 0 aliphatic carbocycles. The van der Waals surface area contributed by atoms with E-state index in [2.05, 4.69) is 22.2 Å². The third-order valence-corrected chi connectivity index (χ3v) is 2.95. The van der Waals surface area contributed by atoms with Crippen LogP contribution in [0, 0.1) is 0 Å². The summed E-state index contributed by atoms with van der Waals surface area (Å²) >= 11 is 4.20. The molecule has 0 spiro atoms. The Kier molecular flexibility index (Phi) is 7.44. The molecule has 0 N–H and O–H groups in total. The number of unbranched alkanes of at least 4 members (excludes halogenated alkanes) is 6. The van der Waals surface area contributed by atoms with Crippen LogP contribution >= 0.6 is 12.6 Å². The molecule has 0 amide bonds. The van der Waals surface area contributed by atoms with Gasteiger partial charge in [-0.1, -0.05) is 32.1 Å². The topological polar surface area (TPSA) is 17.8 Å². The van der Waals surface area contributed by atoms with Gasteiger partial charge in [0.2, 0.25) is 0 Å². The van der Waals surface area contributed by atoms with Crippen LogP contribution in [0.25, 0.3) is 0 Å². The standard InChI is InChI=1S/C12H22N2S/c15-11-7-5-3-1-2-4-6-9-14-10-8-13-12-14/h8,10,12,15H,1-7,9,11H2. The molecule has 86 valence electrons. The first kappa shape index (κ1) is 12.6. The highest BCUT2D eigenvalue weighted by Crippen LogP contribution is 2.08. The second kappa shape index (κ2) is 8.84. The summed E-state index contributed by atoms with van der Waals surface area (Å²) in [6.45, 7) is 1.12. The fourth-order valence-corrected chi connectivity index (χ4v) is 1.93. The zero-order valence-corrected chi connectivity index (χ0v) is 10.3. The average Bonchev–Trinajstić information content (AvgIpc) is 2.75. The number of aryl methyl sites for hydroxylation is 1. The summed E-state index contributed by atoms with van der Waals surface area (Å²) in [5.41, 5.74) is 0. The Bertz CT molecular complexity index is 222. The maximum absolute atomic E-state index is 4.20. The van der Waals surface area contributed by atoms with Crippen molar-refractivity contribution in [1.82, 2.24) is 9.55 Å². The van der Waals surface area contributed by atoms with Gasteiger partial charge in [-0.3, -0.25) is 0 Å². The van der Waals surface area contributed by atoms with Crippen LogP contribution in [-0.2, 0) is 6.54 Å². The van der Waals surface area contributed by atoms with Crippen LogP contribution in [0.15, 0.2) is 18.7 Å². The van der Waals surface area contributed by atoms with Crippen LogP contribution in [-0.4, -0.2) is 15.3 Å². The van der Waals surface area contributed by atoms with Gasteiger partial charge in [0.15, 0.2) is 0 Å². The molecule has 0 aliphatic rings. The Balaban J connectivity index is 1.81. The summed E-state index contributed by atoms with van der Waals surface area (Å²) in [7, 11) is 0. The van der Waals surface area contributed by atoms with E-state index < -0.39 is 0 Å². The van der Waals surface area contributed by atoms with Gasteiger partial charge in [0.1, 0.15) is 0 Å². The summed E-state index contributed by atoms with van der Waals surface area (Å²) in [4.78, 5) is 4.03. The van der Waals surface area contributed by atoms with Gasteiger partial charge >= 0.3 is 0 Å². The summed E-state index contributed by atoms with van der Waals surface area (Å²) in [5, 5.41) is 0. The number of hydrogen-bond acceptors (Lipinski definition) is 2. The number of aromatic nitrogens is 2. The third-order valence-electron chi connectivity index (χ3n) is 2.63. The molecular formula is C12H22N2S. The van der Waals surface area contributed by atoms with Gasteiger partial charge < -0.3 is 4.57 Å². The first-order chi connectivity index (χ1) is 7.43. The van der Waals surface area contributed by atoms with Crippen molar-refractivity contribution in [2.45, 2.75) is 51.5 Å². The van der Waals surface area contributed by atoms with Crippen LogP contribution in [0.2, 0.25) is 0 Å².